The zero-order chi connectivity index (χ0) is 24.1. The van der Waals surface area contributed by atoms with Gasteiger partial charge >= 0.3 is 6.03 Å². The second-order valence-electron chi connectivity index (χ2n) is 8.85. The number of hydrogen-bond acceptors (Lipinski definition) is 5. The molecular formula is C25H34N4O4. The molecule has 3 amide bonds. The van der Waals surface area contributed by atoms with E-state index in [9.17, 15) is 14.7 Å². The second-order valence-corrected chi connectivity index (χ2v) is 8.85. The van der Waals surface area contributed by atoms with Gasteiger partial charge in [-0.1, -0.05) is 31.2 Å². The van der Waals surface area contributed by atoms with E-state index >= 15 is 0 Å². The van der Waals surface area contributed by atoms with Gasteiger partial charge in [0.1, 0.15) is 6.10 Å². The van der Waals surface area contributed by atoms with Crippen molar-refractivity contribution in [2.75, 3.05) is 51.1 Å². The van der Waals surface area contributed by atoms with Crippen molar-refractivity contribution in [1.29, 1.82) is 0 Å². The van der Waals surface area contributed by atoms with Gasteiger partial charge in [-0.05, 0) is 31.2 Å². The molecule has 0 bridgehead atoms. The largest absolute Gasteiger partial charge is 0.485 e. The maximum atomic E-state index is 13.4. The number of carbonyl (C=O) groups excluding carboxylic acids is 2. The molecule has 2 aromatic carbocycles. The molecule has 0 saturated heterocycles. The Morgan fingerprint density at radius 2 is 1.88 bits per heavy atom. The average Bonchev–Trinajstić information content (AvgIpc) is 2.80. The number of anilines is 2. The van der Waals surface area contributed by atoms with Gasteiger partial charge in [-0.25, -0.2) is 4.79 Å². The Labute approximate surface area is 195 Å². The van der Waals surface area contributed by atoms with Crippen molar-refractivity contribution < 1.29 is 19.4 Å². The number of likely N-dealkylation sites (N-methyl/N-ethyl adjacent to an activating group) is 1. The lowest BCUT2D eigenvalue weighted by molar-refractivity contribution is 0.0372. The zero-order valence-corrected chi connectivity index (χ0v) is 20.0. The van der Waals surface area contributed by atoms with Crippen LogP contribution in [-0.2, 0) is 0 Å². The summed E-state index contributed by atoms with van der Waals surface area (Å²) >= 11 is 0. The van der Waals surface area contributed by atoms with Gasteiger partial charge in [0.15, 0.2) is 5.75 Å². The molecular weight excluding hydrogens is 420 g/mol. The smallest absolute Gasteiger partial charge is 0.321 e. The topological polar surface area (TPSA) is 85.4 Å². The van der Waals surface area contributed by atoms with E-state index in [0.717, 1.165) is 11.4 Å². The molecule has 0 spiro atoms. The van der Waals surface area contributed by atoms with Crippen molar-refractivity contribution in [2.45, 2.75) is 26.0 Å². The van der Waals surface area contributed by atoms with E-state index in [0.29, 0.717) is 24.4 Å². The number of amides is 3. The number of hydrogen-bond donors (Lipinski definition) is 2. The fourth-order valence-corrected chi connectivity index (χ4v) is 3.89. The van der Waals surface area contributed by atoms with Crippen LogP contribution in [0.5, 0.6) is 5.75 Å². The minimum absolute atomic E-state index is 0.0849. The Morgan fingerprint density at radius 1 is 1.18 bits per heavy atom. The fourth-order valence-electron chi connectivity index (χ4n) is 3.89. The first-order valence-electron chi connectivity index (χ1n) is 11.2. The first-order valence-corrected chi connectivity index (χ1v) is 11.2. The summed E-state index contributed by atoms with van der Waals surface area (Å²) in [7, 11) is 5.52. The highest BCUT2D eigenvalue weighted by Gasteiger charge is 2.35. The highest BCUT2D eigenvalue weighted by molar-refractivity contribution is 5.99. The van der Waals surface area contributed by atoms with Gasteiger partial charge in [0, 0.05) is 39.3 Å². The van der Waals surface area contributed by atoms with Crippen LogP contribution < -0.4 is 15.0 Å². The molecule has 0 radical (unpaired) electrons. The minimum Gasteiger partial charge on any atom is -0.485 e. The molecule has 1 heterocycles. The van der Waals surface area contributed by atoms with E-state index in [4.69, 9.17) is 4.74 Å². The van der Waals surface area contributed by atoms with Gasteiger partial charge in [0.25, 0.3) is 5.91 Å². The van der Waals surface area contributed by atoms with Gasteiger partial charge in [0.2, 0.25) is 0 Å². The molecule has 2 N–H and O–H groups in total. The third kappa shape index (κ3) is 5.57. The summed E-state index contributed by atoms with van der Waals surface area (Å²) in [5.41, 5.74) is 1.96. The van der Waals surface area contributed by atoms with Crippen LogP contribution in [0.15, 0.2) is 48.5 Å². The first kappa shape index (κ1) is 24.4. The quantitative estimate of drug-likeness (QED) is 0.701. The zero-order valence-electron chi connectivity index (χ0n) is 20.0. The summed E-state index contributed by atoms with van der Waals surface area (Å²) in [4.78, 5) is 31.4. The summed E-state index contributed by atoms with van der Waals surface area (Å²) in [6.07, 6.45) is -0.363. The van der Waals surface area contributed by atoms with Crippen molar-refractivity contribution >= 4 is 23.3 Å². The maximum Gasteiger partial charge on any atom is 0.321 e. The molecule has 0 aromatic heterocycles. The highest BCUT2D eigenvalue weighted by atomic mass is 16.5. The molecule has 0 fully saturated rings. The molecule has 3 rings (SSSR count). The Kier molecular flexibility index (Phi) is 7.81. The van der Waals surface area contributed by atoms with Gasteiger partial charge in [-0.2, -0.15) is 0 Å². The summed E-state index contributed by atoms with van der Waals surface area (Å²) < 4.78 is 6.47. The molecule has 0 aliphatic carbocycles. The number of aliphatic hydroxyl groups is 1. The van der Waals surface area contributed by atoms with Gasteiger partial charge < -0.3 is 29.9 Å². The third-order valence-electron chi connectivity index (χ3n) is 5.98. The molecule has 8 nitrogen and oxygen atoms in total. The highest BCUT2D eigenvalue weighted by Crippen LogP contribution is 2.36. The lowest BCUT2D eigenvalue weighted by Crippen LogP contribution is -2.50. The van der Waals surface area contributed by atoms with Crippen LogP contribution in [0.2, 0.25) is 0 Å². The molecule has 1 aliphatic rings. The SMILES string of the molecule is C[C@@H]1CN([C@@H](C)CO)C(=O)c2cccc(N(C)C)c2O[C@@H]1CN(C)C(=O)Nc1ccccc1. The van der Waals surface area contributed by atoms with Gasteiger partial charge in [-0.15, -0.1) is 0 Å². The Hall–Kier alpha value is -3.26. The van der Waals surface area contributed by atoms with Gasteiger partial charge in [-0.3, -0.25) is 4.79 Å². The predicted octanol–water partition coefficient (Wildman–Crippen LogP) is 3.14. The van der Waals surface area contributed by atoms with Crippen LogP contribution in [0.1, 0.15) is 24.2 Å². The van der Waals surface area contributed by atoms with Crippen molar-refractivity contribution in [2.24, 2.45) is 5.92 Å². The standard InChI is InChI=1S/C25H34N4O4/c1-17-14-29(18(2)16-30)24(31)20-12-9-13-21(27(3)4)23(20)33-22(17)15-28(5)25(32)26-19-10-7-6-8-11-19/h6-13,17-18,22,30H,14-16H2,1-5H3,(H,26,32)/t17-,18+,22-/m1/s1. The molecule has 0 unspecified atom stereocenters. The maximum absolute atomic E-state index is 13.4. The van der Waals surface area contributed by atoms with Crippen LogP contribution in [-0.4, -0.2) is 79.8 Å². The van der Waals surface area contributed by atoms with E-state index in [1.165, 1.54) is 0 Å². The number of nitrogens with zero attached hydrogens (tertiary/aromatic N) is 3. The van der Waals surface area contributed by atoms with E-state index < -0.39 is 0 Å². The predicted molar refractivity (Wildman–Crippen MR) is 130 cm³/mol. The molecule has 3 atom stereocenters. The van der Waals surface area contributed by atoms with E-state index in [-0.39, 0.29) is 36.6 Å². The Morgan fingerprint density at radius 3 is 2.52 bits per heavy atom. The number of aliphatic hydroxyl groups excluding tert-OH is 1. The summed E-state index contributed by atoms with van der Waals surface area (Å²) in [5.74, 6) is 0.241. The Balaban J connectivity index is 1.91. The lowest BCUT2D eigenvalue weighted by Gasteiger charge is -2.39. The summed E-state index contributed by atoms with van der Waals surface area (Å²) in [6, 6.07) is 14.2. The molecule has 178 valence electrons. The number of ether oxygens (including phenoxy) is 1. The number of carbonyl (C=O) groups is 2. The van der Waals surface area contributed by atoms with Crippen LogP contribution >= 0.6 is 0 Å². The van der Waals surface area contributed by atoms with Gasteiger partial charge in [0.05, 0.1) is 30.4 Å². The minimum atomic E-state index is -0.363. The summed E-state index contributed by atoms with van der Waals surface area (Å²) in [5, 5.41) is 12.7. The molecule has 8 heteroatoms. The fraction of sp³-hybridized carbons (Fsp3) is 0.440. The van der Waals surface area contributed by atoms with E-state index in [1.807, 2.05) is 75.3 Å². The Bertz CT molecular complexity index is 966. The average molecular weight is 455 g/mol. The monoisotopic (exact) mass is 454 g/mol. The van der Waals surface area contributed by atoms with Crippen LogP contribution in [0, 0.1) is 5.92 Å². The van der Waals surface area contributed by atoms with Crippen LogP contribution in [0.25, 0.3) is 0 Å². The number of rotatable bonds is 6. The van der Waals surface area contributed by atoms with Crippen LogP contribution in [0.4, 0.5) is 16.2 Å². The van der Waals surface area contributed by atoms with Crippen molar-refractivity contribution in [3.63, 3.8) is 0 Å². The lowest BCUT2D eigenvalue weighted by atomic mass is 9.99. The number of benzene rings is 2. The molecule has 1 aliphatic heterocycles. The van der Waals surface area contributed by atoms with E-state index in [2.05, 4.69) is 5.32 Å². The second kappa shape index (κ2) is 10.6. The van der Waals surface area contributed by atoms with E-state index in [1.54, 1.807) is 22.9 Å². The molecule has 2 aromatic rings. The number of fused-ring (bicyclic) bond motifs is 1. The number of urea groups is 1. The summed E-state index contributed by atoms with van der Waals surface area (Å²) in [6.45, 7) is 4.44. The van der Waals surface area contributed by atoms with Crippen molar-refractivity contribution in [3.05, 3.63) is 54.1 Å². The molecule has 33 heavy (non-hydrogen) atoms. The molecule has 0 saturated carbocycles. The van der Waals surface area contributed by atoms with Crippen molar-refractivity contribution in [1.82, 2.24) is 9.80 Å². The first-order chi connectivity index (χ1) is 15.7. The van der Waals surface area contributed by atoms with Crippen LogP contribution in [0.3, 0.4) is 0 Å². The number of para-hydroxylation sites is 2. The number of nitrogens with one attached hydrogen (secondary N) is 1. The third-order valence-corrected chi connectivity index (χ3v) is 5.98. The normalized spacial score (nSPS) is 19.0. The van der Waals surface area contributed by atoms with Crippen molar-refractivity contribution in [3.8, 4) is 5.75 Å².